The van der Waals surface area contributed by atoms with Crippen LogP contribution in [0, 0.1) is 11.7 Å². The van der Waals surface area contributed by atoms with E-state index in [0.29, 0.717) is 54.7 Å². The first-order valence-corrected chi connectivity index (χ1v) is 12.2. The molecular formula is C23H23ClFN5O4S. The summed E-state index contributed by atoms with van der Waals surface area (Å²) in [5.74, 6) is -0.726. The van der Waals surface area contributed by atoms with Crippen LogP contribution in [0.3, 0.4) is 0 Å². The van der Waals surface area contributed by atoms with Crippen LogP contribution in [0.15, 0.2) is 29.9 Å². The van der Waals surface area contributed by atoms with Gasteiger partial charge in [-0.15, -0.1) is 11.3 Å². The number of rotatable bonds is 7. The number of anilines is 2. The zero-order valence-electron chi connectivity index (χ0n) is 19.1. The van der Waals surface area contributed by atoms with Crippen LogP contribution in [0.2, 0.25) is 5.02 Å². The maximum Gasteiger partial charge on any atom is 0.309 e. The minimum atomic E-state index is -0.603. The first-order chi connectivity index (χ1) is 16.9. The summed E-state index contributed by atoms with van der Waals surface area (Å²) in [5, 5.41) is 4.81. The molecule has 4 rings (SSSR count). The van der Waals surface area contributed by atoms with Gasteiger partial charge >= 0.3 is 5.97 Å². The number of esters is 1. The Balaban J connectivity index is 1.37. The molecule has 0 saturated carbocycles. The van der Waals surface area contributed by atoms with E-state index >= 15 is 0 Å². The van der Waals surface area contributed by atoms with Gasteiger partial charge in [-0.2, -0.15) is 0 Å². The minimum absolute atomic E-state index is 0.0374. The Bertz CT molecular complexity index is 1190. The first-order valence-electron chi connectivity index (χ1n) is 10.9. The Morgan fingerprint density at radius 2 is 2.03 bits per heavy atom. The van der Waals surface area contributed by atoms with Crippen LogP contribution in [0.1, 0.15) is 30.3 Å². The highest BCUT2D eigenvalue weighted by Gasteiger charge is 2.27. The van der Waals surface area contributed by atoms with E-state index in [-0.39, 0.29) is 28.4 Å². The highest BCUT2D eigenvalue weighted by atomic mass is 35.5. The van der Waals surface area contributed by atoms with Crippen LogP contribution in [0.25, 0.3) is 11.3 Å². The lowest BCUT2D eigenvalue weighted by atomic mass is 9.97. The van der Waals surface area contributed by atoms with Crippen molar-refractivity contribution in [1.82, 2.24) is 15.0 Å². The Labute approximate surface area is 210 Å². The van der Waals surface area contributed by atoms with Crippen molar-refractivity contribution in [3.05, 3.63) is 46.4 Å². The number of carbonyl (C=O) groups is 2. The fraction of sp³-hybridized carbons (Fsp3) is 0.348. The second kappa shape index (κ2) is 11.0. The number of nitrogens with zero attached hydrogens (tertiary/aromatic N) is 4. The summed E-state index contributed by atoms with van der Waals surface area (Å²) in [7, 11) is 1.34. The summed E-state index contributed by atoms with van der Waals surface area (Å²) in [6.45, 7) is 3.49. The van der Waals surface area contributed by atoms with Gasteiger partial charge in [0.25, 0.3) is 5.91 Å². The van der Waals surface area contributed by atoms with E-state index < -0.39 is 11.7 Å². The lowest BCUT2D eigenvalue weighted by Crippen LogP contribution is -2.37. The lowest BCUT2D eigenvalue weighted by Gasteiger charge is -2.31. The summed E-state index contributed by atoms with van der Waals surface area (Å²) in [6, 6.07) is 2.81. The molecule has 0 unspecified atom stereocenters. The van der Waals surface area contributed by atoms with Crippen molar-refractivity contribution in [3.63, 3.8) is 0 Å². The van der Waals surface area contributed by atoms with E-state index in [9.17, 15) is 14.0 Å². The number of amides is 1. The molecule has 35 heavy (non-hydrogen) atoms. The van der Waals surface area contributed by atoms with Gasteiger partial charge in [0, 0.05) is 24.0 Å². The average Bonchev–Trinajstić information content (AvgIpc) is 3.33. The number of nitrogens with one attached hydrogen (secondary N) is 1. The molecule has 1 amide bonds. The Morgan fingerprint density at radius 3 is 2.66 bits per heavy atom. The molecule has 3 aromatic rings. The van der Waals surface area contributed by atoms with Crippen molar-refractivity contribution in [2.45, 2.75) is 19.8 Å². The van der Waals surface area contributed by atoms with Gasteiger partial charge in [-0.05, 0) is 31.9 Å². The second-order valence-corrected chi connectivity index (χ2v) is 9.00. The van der Waals surface area contributed by atoms with E-state index in [1.54, 1.807) is 18.4 Å². The third-order valence-corrected chi connectivity index (χ3v) is 6.57. The molecule has 12 heteroatoms. The number of hydrogen-bond donors (Lipinski definition) is 1. The number of thiazole rings is 1. The summed E-state index contributed by atoms with van der Waals surface area (Å²) >= 11 is 7.25. The van der Waals surface area contributed by atoms with Crippen LogP contribution in [-0.2, 0) is 9.53 Å². The molecule has 0 bridgehead atoms. The molecular weight excluding hydrogens is 497 g/mol. The van der Waals surface area contributed by atoms with Gasteiger partial charge in [0.2, 0.25) is 0 Å². The molecule has 9 nitrogen and oxygen atoms in total. The lowest BCUT2D eigenvalue weighted by molar-refractivity contribution is -0.148. The smallest absolute Gasteiger partial charge is 0.309 e. The molecule has 0 atom stereocenters. The first kappa shape index (κ1) is 24.8. The minimum Gasteiger partial charge on any atom is -0.492 e. The monoisotopic (exact) mass is 519 g/mol. The number of carbonyl (C=O) groups excluding carboxylic acids is 2. The van der Waals surface area contributed by atoms with E-state index in [4.69, 9.17) is 21.1 Å². The van der Waals surface area contributed by atoms with Crippen molar-refractivity contribution in [3.8, 4) is 17.0 Å². The Kier molecular flexibility index (Phi) is 7.76. The molecule has 0 radical (unpaired) electrons. The number of halogens is 2. The van der Waals surface area contributed by atoms with Crippen molar-refractivity contribution in [1.29, 1.82) is 0 Å². The molecule has 1 aromatic carbocycles. The largest absolute Gasteiger partial charge is 0.492 e. The van der Waals surface area contributed by atoms with Crippen molar-refractivity contribution >= 4 is 45.8 Å². The highest BCUT2D eigenvalue weighted by molar-refractivity contribution is 7.14. The highest BCUT2D eigenvalue weighted by Crippen LogP contribution is 2.34. The molecule has 1 N–H and O–H groups in total. The zero-order valence-corrected chi connectivity index (χ0v) is 20.7. The predicted octanol–water partition coefficient (Wildman–Crippen LogP) is 4.43. The van der Waals surface area contributed by atoms with Crippen LogP contribution in [0.4, 0.5) is 15.3 Å². The van der Waals surface area contributed by atoms with Crippen molar-refractivity contribution in [2.24, 2.45) is 5.92 Å². The Hall–Kier alpha value is -3.31. The maximum absolute atomic E-state index is 14.1. The van der Waals surface area contributed by atoms with E-state index in [2.05, 4.69) is 20.3 Å². The van der Waals surface area contributed by atoms with Crippen LogP contribution >= 0.6 is 22.9 Å². The third kappa shape index (κ3) is 5.68. The SMILES string of the molecule is CCOC(=O)C1CCN(c2cnc(C(=O)Nc3nc(-c4cc(F)c(OC)c(Cl)c4)cs3)cn2)CC1. The molecule has 0 aliphatic carbocycles. The number of benzene rings is 1. The van der Waals surface area contributed by atoms with Crippen LogP contribution in [-0.4, -0.2) is 53.6 Å². The molecule has 1 fully saturated rings. The molecule has 3 heterocycles. The van der Waals surface area contributed by atoms with E-state index in [0.717, 1.165) is 0 Å². The van der Waals surface area contributed by atoms with Gasteiger partial charge in [0.05, 0.1) is 42.7 Å². The van der Waals surface area contributed by atoms with Crippen LogP contribution in [0.5, 0.6) is 5.75 Å². The number of aromatic nitrogens is 3. The molecule has 2 aromatic heterocycles. The number of methoxy groups -OCH3 is 1. The quantitative estimate of drug-likeness (QED) is 0.457. The zero-order chi connectivity index (χ0) is 24.9. The summed E-state index contributed by atoms with van der Waals surface area (Å²) < 4.78 is 24.2. The predicted molar refractivity (Wildman–Crippen MR) is 131 cm³/mol. The fourth-order valence-electron chi connectivity index (χ4n) is 3.73. The van der Waals surface area contributed by atoms with Gasteiger partial charge in [-0.1, -0.05) is 11.6 Å². The molecule has 1 saturated heterocycles. The summed E-state index contributed by atoms with van der Waals surface area (Å²) in [6.07, 6.45) is 4.29. The van der Waals surface area contributed by atoms with E-state index in [1.165, 1.54) is 36.9 Å². The molecule has 184 valence electrons. The van der Waals surface area contributed by atoms with Gasteiger partial charge in [-0.3, -0.25) is 14.9 Å². The average molecular weight is 520 g/mol. The van der Waals surface area contributed by atoms with E-state index in [1.807, 2.05) is 4.90 Å². The van der Waals surface area contributed by atoms with Crippen molar-refractivity contribution in [2.75, 3.05) is 37.0 Å². The molecule has 1 aliphatic rings. The standard InChI is InChI=1S/C23H23ClFN5O4S/c1-3-34-22(32)13-4-6-30(7-5-13)19-11-26-17(10-27-19)21(31)29-23-28-18(12-35-23)14-8-15(24)20(33-2)16(25)9-14/h8-13H,3-7H2,1-2H3,(H,28,29,31). The fourth-order valence-corrected chi connectivity index (χ4v) is 4.73. The third-order valence-electron chi connectivity index (χ3n) is 5.53. The van der Waals surface area contributed by atoms with Crippen molar-refractivity contribution < 1.29 is 23.5 Å². The normalized spacial score (nSPS) is 14.0. The van der Waals surface area contributed by atoms with Gasteiger partial charge in [0.15, 0.2) is 16.7 Å². The number of hydrogen-bond acceptors (Lipinski definition) is 9. The second-order valence-electron chi connectivity index (χ2n) is 7.74. The number of piperidine rings is 1. The number of ether oxygens (including phenoxy) is 2. The van der Waals surface area contributed by atoms with Crippen LogP contribution < -0.4 is 15.0 Å². The topological polar surface area (TPSA) is 107 Å². The maximum atomic E-state index is 14.1. The molecule has 1 aliphatic heterocycles. The summed E-state index contributed by atoms with van der Waals surface area (Å²) in [5.41, 5.74) is 1.05. The molecule has 0 spiro atoms. The summed E-state index contributed by atoms with van der Waals surface area (Å²) in [4.78, 5) is 39.5. The van der Waals surface area contributed by atoms with Gasteiger partial charge < -0.3 is 14.4 Å². The van der Waals surface area contributed by atoms with Gasteiger partial charge in [0.1, 0.15) is 11.5 Å². The van der Waals surface area contributed by atoms with Gasteiger partial charge in [-0.25, -0.2) is 19.3 Å². The Morgan fingerprint density at radius 1 is 1.26 bits per heavy atom.